The van der Waals surface area contributed by atoms with Crippen LogP contribution < -0.4 is 10.7 Å². The van der Waals surface area contributed by atoms with Crippen molar-refractivity contribution in [2.24, 2.45) is 5.10 Å². The summed E-state index contributed by atoms with van der Waals surface area (Å²) in [7, 11) is 0. The molecule has 0 saturated heterocycles. The summed E-state index contributed by atoms with van der Waals surface area (Å²) in [6, 6.07) is 14.5. The summed E-state index contributed by atoms with van der Waals surface area (Å²) in [6.45, 7) is 0. The quantitative estimate of drug-likeness (QED) is 0.514. The molecule has 0 spiro atoms. The maximum Gasteiger partial charge on any atom is 0.240 e. The zero-order valence-corrected chi connectivity index (χ0v) is 15.7. The van der Waals surface area contributed by atoms with Crippen LogP contribution in [0.25, 0.3) is 0 Å². The lowest BCUT2D eigenvalue weighted by Gasteiger charge is -2.05. The minimum Gasteiger partial charge on any atom is -0.326 e. The summed E-state index contributed by atoms with van der Waals surface area (Å²) in [4.78, 5) is 23.5. The molecule has 2 aromatic rings. The van der Waals surface area contributed by atoms with E-state index in [1.54, 1.807) is 24.3 Å². The standard InChI is InChI=1S/C18H17BrClN3O2/c19-14-8-10-15(11-9-14)22-17(24)6-3-7-18(25)23-21-12-13-4-1-2-5-16(13)20/h1-2,4-5,8-12H,3,6-7H2,(H,22,24)(H,23,25). The molecular weight excluding hydrogens is 406 g/mol. The lowest BCUT2D eigenvalue weighted by Crippen LogP contribution is -2.18. The van der Waals surface area contributed by atoms with Gasteiger partial charge >= 0.3 is 0 Å². The van der Waals surface area contributed by atoms with E-state index in [0.29, 0.717) is 11.4 Å². The van der Waals surface area contributed by atoms with E-state index in [2.05, 4.69) is 31.8 Å². The maximum absolute atomic E-state index is 11.8. The van der Waals surface area contributed by atoms with Gasteiger partial charge in [-0.1, -0.05) is 45.7 Å². The van der Waals surface area contributed by atoms with E-state index in [9.17, 15) is 9.59 Å². The average molecular weight is 423 g/mol. The molecule has 0 saturated carbocycles. The number of halogens is 2. The van der Waals surface area contributed by atoms with Crippen molar-refractivity contribution < 1.29 is 9.59 Å². The third-order valence-corrected chi connectivity index (χ3v) is 4.11. The number of benzene rings is 2. The third kappa shape index (κ3) is 7.07. The number of amides is 2. The molecule has 0 aliphatic rings. The summed E-state index contributed by atoms with van der Waals surface area (Å²) >= 11 is 9.32. The van der Waals surface area contributed by atoms with Crippen molar-refractivity contribution in [1.82, 2.24) is 5.43 Å². The highest BCUT2D eigenvalue weighted by molar-refractivity contribution is 9.10. The van der Waals surface area contributed by atoms with Crippen LogP contribution in [0.3, 0.4) is 0 Å². The zero-order chi connectivity index (χ0) is 18.1. The Bertz CT molecular complexity index is 763. The first-order valence-electron chi connectivity index (χ1n) is 7.66. The van der Waals surface area contributed by atoms with E-state index in [4.69, 9.17) is 11.6 Å². The van der Waals surface area contributed by atoms with Crippen LogP contribution in [0.2, 0.25) is 5.02 Å². The van der Waals surface area contributed by atoms with Crippen LogP contribution in [0.1, 0.15) is 24.8 Å². The van der Waals surface area contributed by atoms with Crippen LogP contribution in [0, 0.1) is 0 Å². The first kappa shape index (κ1) is 19.1. The van der Waals surface area contributed by atoms with Crippen LogP contribution in [0.15, 0.2) is 58.1 Å². The Morgan fingerprint density at radius 1 is 1.04 bits per heavy atom. The Balaban J connectivity index is 1.67. The van der Waals surface area contributed by atoms with Crippen molar-refractivity contribution in [3.05, 3.63) is 63.6 Å². The molecule has 0 atom stereocenters. The number of hydrogen-bond acceptors (Lipinski definition) is 3. The third-order valence-electron chi connectivity index (χ3n) is 3.23. The molecule has 0 aliphatic carbocycles. The minimum absolute atomic E-state index is 0.130. The first-order chi connectivity index (χ1) is 12.0. The fraction of sp³-hybridized carbons (Fsp3) is 0.167. The number of carbonyl (C=O) groups is 2. The molecule has 0 aromatic heterocycles. The number of hydrazone groups is 1. The summed E-state index contributed by atoms with van der Waals surface area (Å²) in [6.07, 6.45) is 2.40. The highest BCUT2D eigenvalue weighted by Gasteiger charge is 2.05. The molecule has 0 bridgehead atoms. The number of nitrogens with one attached hydrogen (secondary N) is 2. The summed E-state index contributed by atoms with van der Waals surface area (Å²) in [5.74, 6) is -0.380. The average Bonchev–Trinajstić information content (AvgIpc) is 2.59. The van der Waals surface area contributed by atoms with Gasteiger partial charge in [0.15, 0.2) is 0 Å². The molecule has 2 N–H and O–H groups in total. The zero-order valence-electron chi connectivity index (χ0n) is 13.3. The van der Waals surface area contributed by atoms with E-state index in [1.807, 2.05) is 24.3 Å². The van der Waals surface area contributed by atoms with Crippen molar-refractivity contribution in [1.29, 1.82) is 0 Å². The van der Waals surface area contributed by atoms with E-state index in [0.717, 1.165) is 15.7 Å². The van der Waals surface area contributed by atoms with E-state index >= 15 is 0 Å². The number of hydrogen-bond donors (Lipinski definition) is 2. The van der Waals surface area contributed by atoms with Crippen molar-refractivity contribution in [3.63, 3.8) is 0 Å². The first-order valence-corrected chi connectivity index (χ1v) is 8.83. The largest absolute Gasteiger partial charge is 0.326 e. The minimum atomic E-state index is -0.250. The topological polar surface area (TPSA) is 70.6 Å². The Labute approximate surface area is 159 Å². The molecule has 2 amide bonds. The van der Waals surface area contributed by atoms with E-state index in [-0.39, 0.29) is 24.7 Å². The van der Waals surface area contributed by atoms with Crippen LogP contribution in [0.4, 0.5) is 5.69 Å². The molecule has 130 valence electrons. The van der Waals surface area contributed by atoms with Crippen LogP contribution in [-0.4, -0.2) is 18.0 Å². The van der Waals surface area contributed by atoms with Gasteiger partial charge in [0.05, 0.1) is 6.21 Å². The van der Waals surface area contributed by atoms with Gasteiger partial charge in [-0.2, -0.15) is 5.10 Å². The summed E-state index contributed by atoms with van der Waals surface area (Å²) in [5, 5.41) is 7.20. The lowest BCUT2D eigenvalue weighted by molar-refractivity contribution is -0.121. The van der Waals surface area contributed by atoms with Gasteiger partial charge in [0.1, 0.15) is 0 Å². The molecule has 0 unspecified atom stereocenters. The van der Waals surface area contributed by atoms with Crippen LogP contribution in [-0.2, 0) is 9.59 Å². The van der Waals surface area contributed by atoms with Gasteiger partial charge < -0.3 is 5.32 Å². The van der Waals surface area contributed by atoms with Gasteiger partial charge in [-0.05, 0) is 36.8 Å². The van der Waals surface area contributed by atoms with Crippen molar-refractivity contribution in [2.45, 2.75) is 19.3 Å². The van der Waals surface area contributed by atoms with E-state index in [1.165, 1.54) is 6.21 Å². The number of anilines is 1. The maximum atomic E-state index is 11.8. The van der Waals surface area contributed by atoms with Gasteiger partial charge in [-0.15, -0.1) is 0 Å². The second kappa shape index (κ2) is 9.96. The number of rotatable bonds is 7. The number of nitrogens with zero attached hydrogens (tertiary/aromatic N) is 1. The van der Waals surface area contributed by atoms with Crippen LogP contribution >= 0.6 is 27.5 Å². The Morgan fingerprint density at radius 3 is 2.44 bits per heavy atom. The predicted octanol–water partition coefficient (Wildman–Crippen LogP) is 4.36. The Morgan fingerprint density at radius 2 is 1.72 bits per heavy atom. The van der Waals surface area contributed by atoms with Crippen molar-refractivity contribution in [2.75, 3.05) is 5.32 Å². The Hall–Kier alpha value is -2.18. The normalized spacial score (nSPS) is 10.6. The van der Waals surface area contributed by atoms with Gasteiger partial charge in [0.2, 0.25) is 11.8 Å². The molecule has 2 aromatic carbocycles. The van der Waals surface area contributed by atoms with Gasteiger partial charge in [0.25, 0.3) is 0 Å². The second-order valence-corrected chi connectivity index (χ2v) is 6.55. The lowest BCUT2D eigenvalue weighted by atomic mass is 10.2. The summed E-state index contributed by atoms with van der Waals surface area (Å²) < 4.78 is 0.944. The second-order valence-electron chi connectivity index (χ2n) is 5.22. The van der Waals surface area contributed by atoms with Crippen LogP contribution in [0.5, 0.6) is 0 Å². The molecule has 0 aliphatic heterocycles. The molecule has 2 rings (SSSR count). The highest BCUT2D eigenvalue weighted by Crippen LogP contribution is 2.14. The fourth-order valence-electron chi connectivity index (χ4n) is 1.98. The predicted molar refractivity (Wildman–Crippen MR) is 104 cm³/mol. The van der Waals surface area contributed by atoms with Gasteiger partial charge in [-0.3, -0.25) is 9.59 Å². The Kier molecular flexibility index (Phi) is 7.63. The number of carbonyl (C=O) groups excluding carboxylic acids is 2. The molecular formula is C18H17BrClN3O2. The molecule has 25 heavy (non-hydrogen) atoms. The highest BCUT2D eigenvalue weighted by atomic mass is 79.9. The molecule has 5 nitrogen and oxygen atoms in total. The molecule has 0 fully saturated rings. The molecule has 7 heteroatoms. The van der Waals surface area contributed by atoms with Crippen molar-refractivity contribution in [3.8, 4) is 0 Å². The molecule has 0 heterocycles. The monoisotopic (exact) mass is 421 g/mol. The van der Waals surface area contributed by atoms with Gasteiger partial charge in [-0.25, -0.2) is 5.43 Å². The van der Waals surface area contributed by atoms with E-state index < -0.39 is 0 Å². The van der Waals surface area contributed by atoms with Crippen molar-refractivity contribution >= 4 is 51.2 Å². The smallest absolute Gasteiger partial charge is 0.240 e. The SMILES string of the molecule is O=C(CCCC(=O)Nc1ccc(Br)cc1)NN=Cc1ccccc1Cl. The fourth-order valence-corrected chi connectivity index (χ4v) is 2.42. The molecule has 0 radical (unpaired) electrons. The van der Waals surface area contributed by atoms with Gasteiger partial charge in [0, 0.05) is 33.6 Å². The summed E-state index contributed by atoms with van der Waals surface area (Å²) in [5.41, 5.74) is 3.87.